The largest absolute Gasteiger partial charge is 0.396 e. The summed E-state index contributed by atoms with van der Waals surface area (Å²) in [7, 11) is 0. The molecule has 4 unspecified atom stereocenters. The van der Waals surface area contributed by atoms with Gasteiger partial charge in [-0.25, -0.2) is 0 Å². The lowest BCUT2D eigenvalue weighted by Gasteiger charge is -2.33. The van der Waals surface area contributed by atoms with Crippen LogP contribution in [0.5, 0.6) is 0 Å². The second kappa shape index (κ2) is 4.63. The molecule has 1 aliphatic carbocycles. The standard InChI is InChI=1S/C12H22O2/c1-9-3-2-4-10(7-9)12-11(8-13)5-6-14-12/h9-13H,2-8H2,1H3. The van der Waals surface area contributed by atoms with E-state index in [9.17, 15) is 5.11 Å². The fraction of sp³-hybridized carbons (Fsp3) is 1.00. The van der Waals surface area contributed by atoms with Crippen LogP contribution in [-0.2, 0) is 4.74 Å². The van der Waals surface area contributed by atoms with Crippen molar-refractivity contribution < 1.29 is 9.84 Å². The zero-order valence-electron chi connectivity index (χ0n) is 9.11. The quantitative estimate of drug-likeness (QED) is 0.737. The molecule has 0 amide bonds. The first-order chi connectivity index (χ1) is 6.81. The molecule has 82 valence electrons. The Morgan fingerprint density at radius 1 is 1.29 bits per heavy atom. The highest BCUT2D eigenvalue weighted by Gasteiger charge is 2.36. The van der Waals surface area contributed by atoms with E-state index in [0.717, 1.165) is 24.9 Å². The normalized spacial score (nSPS) is 44.1. The molecule has 14 heavy (non-hydrogen) atoms. The molecule has 2 fully saturated rings. The van der Waals surface area contributed by atoms with Gasteiger partial charge < -0.3 is 9.84 Å². The van der Waals surface area contributed by atoms with Gasteiger partial charge in [0.25, 0.3) is 0 Å². The third-order valence-corrected chi connectivity index (χ3v) is 3.94. The summed E-state index contributed by atoms with van der Waals surface area (Å²) >= 11 is 0. The van der Waals surface area contributed by atoms with E-state index >= 15 is 0 Å². The number of aliphatic hydroxyl groups excluding tert-OH is 1. The minimum atomic E-state index is 0.315. The van der Waals surface area contributed by atoms with E-state index in [1.165, 1.54) is 25.7 Å². The Labute approximate surface area is 86.6 Å². The number of hydrogen-bond donors (Lipinski definition) is 1. The monoisotopic (exact) mass is 198 g/mol. The van der Waals surface area contributed by atoms with Crippen LogP contribution in [-0.4, -0.2) is 24.4 Å². The van der Waals surface area contributed by atoms with Crippen LogP contribution >= 0.6 is 0 Å². The highest BCUT2D eigenvalue weighted by Crippen LogP contribution is 2.37. The Hall–Kier alpha value is -0.0800. The molecule has 0 bridgehead atoms. The maximum Gasteiger partial charge on any atom is 0.0654 e. The van der Waals surface area contributed by atoms with Crippen LogP contribution in [0.3, 0.4) is 0 Å². The third kappa shape index (κ3) is 2.12. The van der Waals surface area contributed by atoms with Crippen LogP contribution in [0.2, 0.25) is 0 Å². The molecule has 0 aromatic carbocycles. The van der Waals surface area contributed by atoms with Gasteiger partial charge in [0.2, 0.25) is 0 Å². The Morgan fingerprint density at radius 2 is 2.14 bits per heavy atom. The van der Waals surface area contributed by atoms with Crippen molar-refractivity contribution in [1.82, 2.24) is 0 Å². The SMILES string of the molecule is CC1CCCC(C2OCCC2CO)C1. The summed E-state index contributed by atoms with van der Waals surface area (Å²) in [5.41, 5.74) is 0. The molecule has 1 N–H and O–H groups in total. The minimum Gasteiger partial charge on any atom is -0.396 e. The number of aliphatic hydroxyl groups is 1. The summed E-state index contributed by atoms with van der Waals surface area (Å²) in [4.78, 5) is 0. The maximum atomic E-state index is 9.25. The van der Waals surface area contributed by atoms with Crippen molar-refractivity contribution in [3.63, 3.8) is 0 Å². The van der Waals surface area contributed by atoms with Gasteiger partial charge in [0.05, 0.1) is 6.10 Å². The average molecular weight is 198 g/mol. The second-order valence-electron chi connectivity index (χ2n) is 5.10. The zero-order valence-corrected chi connectivity index (χ0v) is 9.11. The minimum absolute atomic E-state index is 0.315. The molecule has 1 heterocycles. The van der Waals surface area contributed by atoms with Gasteiger partial charge in [-0.05, 0) is 31.1 Å². The Balaban J connectivity index is 1.92. The van der Waals surface area contributed by atoms with Crippen LogP contribution in [0.25, 0.3) is 0 Å². The van der Waals surface area contributed by atoms with Crippen LogP contribution in [0.4, 0.5) is 0 Å². The predicted molar refractivity (Wildman–Crippen MR) is 56.1 cm³/mol. The molecule has 1 saturated carbocycles. The van der Waals surface area contributed by atoms with Crippen molar-refractivity contribution in [2.45, 2.75) is 45.1 Å². The molecule has 2 heteroatoms. The molecule has 0 aromatic heterocycles. The van der Waals surface area contributed by atoms with Crippen LogP contribution in [0.15, 0.2) is 0 Å². The van der Waals surface area contributed by atoms with Crippen molar-refractivity contribution >= 4 is 0 Å². The van der Waals surface area contributed by atoms with Gasteiger partial charge in [-0.2, -0.15) is 0 Å². The molecule has 2 aliphatic rings. The van der Waals surface area contributed by atoms with Gasteiger partial charge in [0.15, 0.2) is 0 Å². The topological polar surface area (TPSA) is 29.5 Å². The van der Waals surface area contributed by atoms with E-state index in [2.05, 4.69) is 6.92 Å². The first-order valence-electron chi connectivity index (χ1n) is 6.03. The predicted octanol–water partition coefficient (Wildman–Crippen LogP) is 2.21. The van der Waals surface area contributed by atoms with Gasteiger partial charge >= 0.3 is 0 Å². The molecule has 0 radical (unpaired) electrons. The Morgan fingerprint density at radius 3 is 2.86 bits per heavy atom. The van der Waals surface area contributed by atoms with E-state index in [4.69, 9.17) is 4.74 Å². The fourth-order valence-electron chi connectivity index (χ4n) is 3.15. The maximum absolute atomic E-state index is 9.25. The summed E-state index contributed by atoms with van der Waals surface area (Å²) in [6.45, 7) is 3.52. The van der Waals surface area contributed by atoms with E-state index in [1.807, 2.05) is 0 Å². The average Bonchev–Trinajstić information content (AvgIpc) is 2.65. The third-order valence-electron chi connectivity index (χ3n) is 3.94. The second-order valence-corrected chi connectivity index (χ2v) is 5.10. The van der Waals surface area contributed by atoms with Crippen LogP contribution < -0.4 is 0 Å². The molecular formula is C12H22O2. The summed E-state index contributed by atoms with van der Waals surface area (Å²) in [5, 5.41) is 9.25. The molecule has 2 nitrogen and oxygen atoms in total. The van der Waals surface area contributed by atoms with Crippen molar-refractivity contribution in [3.05, 3.63) is 0 Å². The van der Waals surface area contributed by atoms with Gasteiger partial charge in [0, 0.05) is 19.1 Å². The van der Waals surface area contributed by atoms with E-state index in [-0.39, 0.29) is 0 Å². The van der Waals surface area contributed by atoms with Gasteiger partial charge in [-0.15, -0.1) is 0 Å². The van der Waals surface area contributed by atoms with Crippen molar-refractivity contribution in [2.24, 2.45) is 17.8 Å². The zero-order chi connectivity index (χ0) is 9.97. The van der Waals surface area contributed by atoms with E-state index in [1.54, 1.807) is 0 Å². The Bertz CT molecular complexity index is 181. The summed E-state index contributed by atoms with van der Waals surface area (Å²) in [6, 6.07) is 0. The molecule has 1 saturated heterocycles. The lowest BCUT2D eigenvalue weighted by Crippen LogP contribution is -2.31. The highest BCUT2D eigenvalue weighted by molar-refractivity contribution is 4.85. The van der Waals surface area contributed by atoms with E-state index in [0.29, 0.717) is 18.6 Å². The van der Waals surface area contributed by atoms with Gasteiger partial charge in [-0.1, -0.05) is 19.8 Å². The van der Waals surface area contributed by atoms with Gasteiger partial charge in [0.1, 0.15) is 0 Å². The lowest BCUT2D eigenvalue weighted by molar-refractivity contribution is 0.00680. The number of ether oxygens (including phenoxy) is 1. The van der Waals surface area contributed by atoms with Crippen molar-refractivity contribution in [2.75, 3.05) is 13.2 Å². The summed E-state index contributed by atoms with van der Waals surface area (Å²) in [6.07, 6.45) is 6.78. The number of rotatable bonds is 2. The first-order valence-corrected chi connectivity index (χ1v) is 6.03. The summed E-state index contributed by atoms with van der Waals surface area (Å²) < 4.78 is 5.78. The Kier molecular flexibility index (Phi) is 3.45. The molecule has 4 atom stereocenters. The smallest absolute Gasteiger partial charge is 0.0654 e. The first kappa shape index (κ1) is 10.4. The molecule has 1 aliphatic heterocycles. The van der Waals surface area contributed by atoms with Crippen molar-refractivity contribution in [1.29, 1.82) is 0 Å². The number of hydrogen-bond acceptors (Lipinski definition) is 2. The molecule has 2 rings (SSSR count). The highest BCUT2D eigenvalue weighted by atomic mass is 16.5. The van der Waals surface area contributed by atoms with Gasteiger partial charge in [-0.3, -0.25) is 0 Å². The van der Waals surface area contributed by atoms with E-state index < -0.39 is 0 Å². The lowest BCUT2D eigenvalue weighted by atomic mass is 9.76. The summed E-state index contributed by atoms with van der Waals surface area (Å²) in [5.74, 6) is 2.00. The van der Waals surface area contributed by atoms with Crippen molar-refractivity contribution in [3.8, 4) is 0 Å². The van der Waals surface area contributed by atoms with Crippen LogP contribution in [0, 0.1) is 17.8 Å². The van der Waals surface area contributed by atoms with Crippen LogP contribution in [0.1, 0.15) is 39.0 Å². The molecule has 0 aromatic rings. The molecule has 0 spiro atoms. The fourth-order valence-corrected chi connectivity index (χ4v) is 3.15. The molecular weight excluding hydrogens is 176 g/mol.